The molecular weight excluding hydrogens is 374 g/mol. The first kappa shape index (κ1) is 21.6. The van der Waals surface area contributed by atoms with Crippen LogP contribution in [-0.2, 0) is 14.9 Å². The van der Waals surface area contributed by atoms with Crippen molar-refractivity contribution in [2.75, 3.05) is 39.4 Å². The smallest absolute Gasteiger partial charge is 0.193 e. The molecule has 2 heterocycles. The van der Waals surface area contributed by atoms with Gasteiger partial charge in [0, 0.05) is 31.7 Å². The van der Waals surface area contributed by atoms with Crippen LogP contribution in [0.1, 0.15) is 63.9 Å². The Labute approximate surface area is 182 Å². The number of nitrogens with one attached hydrogen (secondary N) is 1. The molecule has 0 amide bonds. The summed E-state index contributed by atoms with van der Waals surface area (Å²) in [5, 5.41) is 3.54. The number of nitrogens with zero attached hydrogens (tertiary/aromatic N) is 2. The molecule has 1 N–H and O–H groups in total. The van der Waals surface area contributed by atoms with Crippen molar-refractivity contribution in [1.82, 2.24) is 10.2 Å². The van der Waals surface area contributed by atoms with Gasteiger partial charge in [-0.25, -0.2) is 0 Å². The van der Waals surface area contributed by atoms with Crippen LogP contribution in [0.25, 0.3) is 0 Å². The maximum atomic E-state index is 6.20. The Morgan fingerprint density at radius 1 is 1.13 bits per heavy atom. The van der Waals surface area contributed by atoms with Gasteiger partial charge in [0.15, 0.2) is 5.96 Å². The van der Waals surface area contributed by atoms with Gasteiger partial charge in [-0.15, -0.1) is 0 Å². The van der Waals surface area contributed by atoms with Crippen molar-refractivity contribution < 1.29 is 9.47 Å². The molecule has 5 heteroatoms. The number of guanidine groups is 1. The Morgan fingerprint density at radius 2 is 1.93 bits per heavy atom. The first-order valence-corrected chi connectivity index (χ1v) is 12.1. The summed E-state index contributed by atoms with van der Waals surface area (Å²) in [6.07, 6.45) is 10.3. The van der Waals surface area contributed by atoms with Gasteiger partial charge in [0.25, 0.3) is 0 Å². The minimum absolute atomic E-state index is 0.239. The Hall–Kier alpha value is -1.59. The first-order valence-electron chi connectivity index (χ1n) is 12.1. The van der Waals surface area contributed by atoms with Crippen LogP contribution < -0.4 is 5.32 Å². The third-order valence-electron chi connectivity index (χ3n) is 7.10. The predicted molar refractivity (Wildman–Crippen MR) is 122 cm³/mol. The van der Waals surface area contributed by atoms with Crippen molar-refractivity contribution in [1.29, 1.82) is 0 Å². The number of benzene rings is 1. The summed E-state index contributed by atoms with van der Waals surface area (Å²) in [6.45, 7) is 7.64. The van der Waals surface area contributed by atoms with Gasteiger partial charge < -0.3 is 19.7 Å². The largest absolute Gasteiger partial charge is 0.376 e. The summed E-state index contributed by atoms with van der Waals surface area (Å²) in [6, 6.07) is 11.0. The molecule has 3 fully saturated rings. The maximum absolute atomic E-state index is 6.20. The summed E-state index contributed by atoms with van der Waals surface area (Å²) >= 11 is 0. The molecule has 1 unspecified atom stereocenters. The summed E-state index contributed by atoms with van der Waals surface area (Å²) in [5.74, 6) is 1.08. The molecule has 5 nitrogen and oxygen atoms in total. The summed E-state index contributed by atoms with van der Waals surface area (Å²) < 4.78 is 12.0. The molecule has 0 aromatic heterocycles. The third kappa shape index (κ3) is 5.36. The standard InChI is InChI=1S/C25H39N3O2/c1-2-26-24(27-20-25(14-8-15-25)21-9-4-3-5-10-21)28-16-12-22(13-17-28)30-19-23-11-6-7-18-29-23/h3-5,9-10,22-23H,2,6-8,11-20H2,1H3,(H,26,27). The van der Waals surface area contributed by atoms with E-state index in [-0.39, 0.29) is 5.41 Å². The van der Waals surface area contributed by atoms with E-state index in [1.165, 1.54) is 37.7 Å². The molecule has 30 heavy (non-hydrogen) atoms. The van der Waals surface area contributed by atoms with Crippen molar-refractivity contribution >= 4 is 5.96 Å². The highest BCUT2D eigenvalue weighted by atomic mass is 16.5. The minimum Gasteiger partial charge on any atom is -0.376 e. The van der Waals surface area contributed by atoms with E-state index in [2.05, 4.69) is 47.5 Å². The van der Waals surface area contributed by atoms with Gasteiger partial charge in [-0.05, 0) is 57.4 Å². The number of ether oxygens (including phenoxy) is 2. The average molecular weight is 414 g/mol. The Kier molecular flexibility index (Phi) is 7.67. The predicted octanol–water partition coefficient (Wildman–Crippen LogP) is 4.12. The van der Waals surface area contributed by atoms with Crippen LogP contribution in [0, 0.1) is 0 Å². The van der Waals surface area contributed by atoms with Gasteiger partial charge in [0.05, 0.1) is 25.4 Å². The number of aliphatic imine (C=N–C) groups is 1. The molecular formula is C25H39N3O2. The number of hydrogen-bond donors (Lipinski definition) is 1. The fraction of sp³-hybridized carbons (Fsp3) is 0.720. The zero-order valence-corrected chi connectivity index (χ0v) is 18.7. The van der Waals surface area contributed by atoms with Crippen LogP contribution in [0.3, 0.4) is 0 Å². The Balaban J connectivity index is 1.30. The van der Waals surface area contributed by atoms with Crippen LogP contribution in [0.5, 0.6) is 0 Å². The van der Waals surface area contributed by atoms with Gasteiger partial charge in [-0.2, -0.15) is 0 Å². The molecule has 2 saturated heterocycles. The molecule has 2 aliphatic heterocycles. The molecule has 3 aliphatic rings. The van der Waals surface area contributed by atoms with E-state index in [9.17, 15) is 0 Å². The van der Waals surface area contributed by atoms with E-state index in [0.717, 1.165) is 64.6 Å². The topological polar surface area (TPSA) is 46.1 Å². The highest BCUT2D eigenvalue weighted by Gasteiger charge is 2.38. The zero-order chi connectivity index (χ0) is 20.7. The minimum atomic E-state index is 0.239. The van der Waals surface area contributed by atoms with Crippen LogP contribution >= 0.6 is 0 Å². The molecule has 166 valence electrons. The molecule has 1 aromatic carbocycles. The lowest BCUT2D eigenvalue weighted by atomic mass is 9.64. The number of rotatable bonds is 7. The van der Waals surface area contributed by atoms with Crippen LogP contribution in [0.2, 0.25) is 0 Å². The highest BCUT2D eigenvalue weighted by Crippen LogP contribution is 2.43. The molecule has 1 aromatic rings. The van der Waals surface area contributed by atoms with Crippen molar-refractivity contribution in [3.8, 4) is 0 Å². The quantitative estimate of drug-likeness (QED) is 0.539. The van der Waals surface area contributed by atoms with Gasteiger partial charge in [-0.3, -0.25) is 4.99 Å². The van der Waals surface area contributed by atoms with E-state index >= 15 is 0 Å². The second kappa shape index (κ2) is 10.6. The van der Waals surface area contributed by atoms with Crippen molar-refractivity contribution in [3.63, 3.8) is 0 Å². The summed E-state index contributed by atoms with van der Waals surface area (Å²) in [5.41, 5.74) is 1.69. The normalized spacial score (nSPS) is 25.0. The lowest BCUT2D eigenvalue weighted by molar-refractivity contribution is -0.0721. The second-order valence-electron chi connectivity index (χ2n) is 9.18. The summed E-state index contributed by atoms with van der Waals surface area (Å²) in [4.78, 5) is 7.55. The lowest BCUT2D eigenvalue weighted by Crippen LogP contribution is -2.48. The van der Waals surface area contributed by atoms with E-state index in [0.29, 0.717) is 12.2 Å². The lowest BCUT2D eigenvalue weighted by Gasteiger charge is -2.42. The van der Waals surface area contributed by atoms with E-state index in [4.69, 9.17) is 14.5 Å². The highest BCUT2D eigenvalue weighted by molar-refractivity contribution is 5.80. The van der Waals surface area contributed by atoms with Crippen LogP contribution in [0.4, 0.5) is 0 Å². The van der Waals surface area contributed by atoms with Crippen molar-refractivity contribution in [2.24, 2.45) is 4.99 Å². The van der Waals surface area contributed by atoms with E-state index in [1.807, 2.05) is 0 Å². The third-order valence-corrected chi connectivity index (χ3v) is 7.10. The monoisotopic (exact) mass is 413 g/mol. The number of likely N-dealkylation sites (tertiary alicyclic amines) is 1. The molecule has 0 bridgehead atoms. The molecule has 0 spiro atoms. The van der Waals surface area contributed by atoms with Gasteiger partial charge >= 0.3 is 0 Å². The van der Waals surface area contributed by atoms with Gasteiger partial charge in [0.2, 0.25) is 0 Å². The second-order valence-corrected chi connectivity index (χ2v) is 9.18. The molecule has 1 atom stereocenters. The Bertz CT molecular complexity index is 660. The first-order chi connectivity index (χ1) is 14.8. The molecule has 4 rings (SSSR count). The SMILES string of the molecule is CCNC(=NCC1(c2ccccc2)CCC1)N1CCC(OCC2CCCCO2)CC1. The van der Waals surface area contributed by atoms with E-state index in [1.54, 1.807) is 0 Å². The van der Waals surface area contributed by atoms with Gasteiger partial charge in [0.1, 0.15) is 0 Å². The zero-order valence-electron chi connectivity index (χ0n) is 18.7. The Morgan fingerprint density at radius 3 is 2.57 bits per heavy atom. The van der Waals surface area contributed by atoms with Gasteiger partial charge in [-0.1, -0.05) is 36.8 Å². The maximum Gasteiger partial charge on any atom is 0.193 e. The summed E-state index contributed by atoms with van der Waals surface area (Å²) in [7, 11) is 0. The average Bonchev–Trinajstić information content (AvgIpc) is 2.78. The number of piperidine rings is 1. The number of hydrogen-bond acceptors (Lipinski definition) is 3. The van der Waals surface area contributed by atoms with Crippen molar-refractivity contribution in [2.45, 2.75) is 75.9 Å². The fourth-order valence-electron chi connectivity index (χ4n) is 5.00. The van der Waals surface area contributed by atoms with Crippen LogP contribution in [-0.4, -0.2) is 62.5 Å². The van der Waals surface area contributed by atoms with Crippen LogP contribution in [0.15, 0.2) is 35.3 Å². The van der Waals surface area contributed by atoms with Crippen molar-refractivity contribution in [3.05, 3.63) is 35.9 Å². The molecule has 0 radical (unpaired) electrons. The fourth-order valence-corrected chi connectivity index (χ4v) is 5.00. The molecule has 1 saturated carbocycles. The molecule has 1 aliphatic carbocycles. The van der Waals surface area contributed by atoms with E-state index < -0.39 is 0 Å².